The van der Waals surface area contributed by atoms with Crippen molar-refractivity contribution in [2.75, 3.05) is 12.4 Å². The number of Topliss-reactive ketones (excluding diaryl/α,β-unsaturated/α-hetero) is 1. The Bertz CT molecular complexity index is 988. The number of carbonyl (C=O) groups is 3. The molecule has 0 saturated carbocycles. The fraction of sp³-hybridized carbons (Fsp3) is 0.483. The molecule has 0 bridgehead atoms. The molecule has 2 amide bonds. The molecule has 7 nitrogen and oxygen atoms in total. The molecule has 3 unspecified atom stereocenters. The number of hydrogen-bond acceptors (Lipinski definition) is 5. The van der Waals surface area contributed by atoms with Gasteiger partial charge in [-0.15, -0.1) is 23.2 Å². The predicted molar refractivity (Wildman–Crippen MR) is 152 cm³/mol. The number of nitrogens with one attached hydrogen (secondary N) is 2. The van der Waals surface area contributed by atoms with Crippen LogP contribution in [0.3, 0.4) is 0 Å². The van der Waals surface area contributed by atoms with Crippen molar-refractivity contribution >= 4 is 46.5 Å². The van der Waals surface area contributed by atoms with Gasteiger partial charge in [-0.05, 0) is 55.7 Å². The Morgan fingerprint density at radius 2 is 1.53 bits per heavy atom. The smallest absolute Gasteiger partial charge is 0.252 e. The van der Waals surface area contributed by atoms with Crippen LogP contribution >= 0.6 is 23.2 Å². The van der Waals surface area contributed by atoms with E-state index in [0.29, 0.717) is 36.3 Å². The molecule has 0 spiro atoms. The van der Waals surface area contributed by atoms with Crippen molar-refractivity contribution in [2.24, 2.45) is 0 Å². The van der Waals surface area contributed by atoms with Crippen molar-refractivity contribution in [2.45, 2.75) is 81.6 Å². The summed E-state index contributed by atoms with van der Waals surface area (Å²) in [5.74, 6) is -0.587. The number of alkyl halides is 2. The monoisotopic (exact) mass is 564 g/mol. The van der Waals surface area contributed by atoms with Crippen molar-refractivity contribution in [1.82, 2.24) is 5.48 Å². The molecule has 2 rings (SSSR count). The second-order valence-corrected chi connectivity index (χ2v) is 10.2. The molecule has 0 aromatic heterocycles. The number of anilines is 1. The van der Waals surface area contributed by atoms with Crippen molar-refractivity contribution < 1.29 is 24.0 Å². The topological polar surface area (TPSA) is 93.7 Å². The summed E-state index contributed by atoms with van der Waals surface area (Å²) in [6, 6.07) is 15.6. The molecule has 0 aliphatic carbocycles. The van der Waals surface area contributed by atoms with Crippen molar-refractivity contribution in [1.29, 1.82) is 0 Å². The summed E-state index contributed by atoms with van der Waals surface area (Å²) in [7, 11) is 1.56. The van der Waals surface area contributed by atoms with Crippen LogP contribution in [0.4, 0.5) is 5.69 Å². The van der Waals surface area contributed by atoms with E-state index in [2.05, 4.69) is 17.7 Å². The lowest BCUT2D eigenvalue weighted by Gasteiger charge is -2.21. The Labute approximate surface area is 235 Å². The molecule has 2 N–H and O–H groups in total. The van der Waals surface area contributed by atoms with Crippen LogP contribution in [0.2, 0.25) is 0 Å². The van der Waals surface area contributed by atoms with Crippen LogP contribution < -0.4 is 15.5 Å². The molecule has 2 aromatic carbocycles. The zero-order valence-electron chi connectivity index (χ0n) is 22.1. The second-order valence-electron chi connectivity index (χ2n) is 9.15. The van der Waals surface area contributed by atoms with Crippen LogP contribution in [-0.4, -0.2) is 41.6 Å². The number of para-hydroxylation sites is 1. The maximum Gasteiger partial charge on any atom is 0.252 e. The Kier molecular flexibility index (Phi) is 14.8. The highest BCUT2D eigenvalue weighted by molar-refractivity contribution is 6.39. The molecule has 3 atom stereocenters. The van der Waals surface area contributed by atoms with E-state index in [0.717, 1.165) is 25.7 Å². The summed E-state index contributed by atoms with van der Waals surface area (Å²) in [4.78, 5) is 42.9. The van der Waals surface area contributed by atoms with Gasteiger partial charge in [0.1, 0.15) is 17.5 Å². The van der Waals surface area contributed by atoms with Crippen molar-refractivity contribution in [3.05, 3.63) is 60.2 Å². The molecule has 0 aliphatic heterocycles. The Morgan fingerprint density at radius 3 is 2.18 bits per heavy atom. The molecular formula is C29H38Cl2N2O5. The number of halogens is 2. The number of benzene rings is 2. The molecule has 9 heteroatoms. The first-order valence-corrected chi connectivity index (χ1v) is 14.0. The lowest BCUT2D eigenvalue weighted by atomic mass is 10.00. The first kappa shape index (κ1) is 31.6. The van der Waals surface area contributed by atoms with Gasteiger partial charge in [0.25, 0.3) is 5.91 Å². The molecular weight excluding hydrogens is 527 g/mol. The molecule has 0 radical (unpaired) electrons. The first-order chi connectivity index (χ1) is 18.3. The lowest BCUT2D eigenvalue weighted by Crippen LogP contribution is -2.33. The molecule has 0 aliphatic rings. The van der Waals surface area contributed by atoms with E-state index < -0.39 is 22.6 Å². The summed E-state index contributed by atoms with van der Waals surface area (Å²) < 4.78 is 5.13. The Morgan fingerprint density at radius 1 is 0.842 bits per heavy atom. The second kappa shape index (κ2) is 17.8. The standard InChI is InChI=1S/C29H38Cl2N2O5/c1-3-4-5-6-10-13-24(38-33-27(35)20-26(34)32-22-11-8-7-9-12-22)18-19-25(30)28(31)29(36)21-14-16-23(37-2)17-15-21/h7-9,11-12,14-17,24-25,28H,3-6,10,13,18-20H2,1-2H3,(H,32,34)(H,33,35). The van der Waals surface area contributed by atoms with Crippen LogP contribution in [0.25, 0.3) is 0 Å². The maximum atomic E-state index is 12.8. The molecule has 38 heavy (non-hydrogen) atoms. The zero-order chi connectivity index (χ0) is 27.8. The van der Waals surface area contributed by atoms with Crippen molar-refractivity contribution in [3.8, 4) is 5.75 Å². The number of methoxy groups -OCH3 is 1. The third-order valence-corrected chi connectivity index (χ3v) is 7.16. The third-order valence-electron chi connectivity index (χ3n) is 6.05. The summed E-state index contributed by atoms with van der Waals surface area (Å²) >= 11 is 12.9. The fourth-order valence-electron chi connectivity index (χ4n) is 3.87. The van der Waals surface area contributed by atoms with Gasteiger partial charge in [-0.1, -0.05) is 57.2 Å². The number of rotatable bonds is 18. The molecule has 2 aromatic rings. The van der Waals surface area contributed by atoms with E-state index >= 15 is 0 Å². The number of ether oxygens (including phenoxy) is 1. The minimum absolute atomic E-state index is 0.260. The van der Waals surface area contributed by atoms with Gasteiger partial charge in [0.2, 0.25) is 5.91 Å². The number of unbranched alkanes of at least 4 members (excludes halogenated alkanes) is 4. The minimum atomic E-state index is -0.911. The number of ketones is 1. The summed E-state index contributed by atoms with van der Waals surface area (Å²) in [5, 5.41) is 1.14. The van der Waals surface area contributed by atoms with Gasteiger partial charge >= 0.3 is 0 Å². The van der Waals surface area contributed by atoms with Crippen LogP contribution in [-0.2, 0) is 14.4 Å². The van der Waals surface area contributed by atoms with Gasteiger partial charge in [-0.3, -0.25) is 19.2 Å². The first-order valence-electron chi connectivity index (χ1n) is 13.1. The van der Waals surface area contributed by atoms with Gasteiger partial charge in [-0.2, -0.15) is 0 Å². The minimum Gasteiger partial charge on any atom is -0.497 e. The van der Waals surface area contributed by atoms with Gasteiger partial charge < -0.3 is 10.1 Å². The van der Waals surface area contributed by atoms with E-state index in [4.69, 9.17) is 32.8 Å². The average Bonchev–Trinajstić information content (AvgIpc) is 2.93. The molecule has 0 heterocycles. The Balaban J connectivity index is 1.86. The third kappa shape index (κ3) is 11.8. The van der Waals surface area contributed by atoms with E-state index in [-0.39, 0.29) is 18.3 Å². The number of hydroxylamine groups is 1. The molecule has 0 saturated heterocycles. The van der Waals surface area contributed by atoms with Gasteiger partial charge in [0.05, 0.1) is 18.6 Å². The lowest BCUT2D eigenvalue weighted by molar-refractivity contribution is -0.141. The normalized spacial score (nSPS) is 13.3. The van der Waals surface area contributed by atoms with Crippen LogP contribution in [0.5, 0.6) is 5.75 Å². The predicted octanol–water partition coefficient (Wildman–Crippen LogP) is 6.68. The zero-order valence-corrected chi connectivity index (χ0v) is 23.6. The number of carbonyl (C=O) groups excluding carboxylic acids is 3. The van der Waals surface area contributed by atoms with Gasteiger partial charge in [-0.25, -0.2) is 5.48 Å². The SMILES string of the molecule is CCCCCCCC(CCC(Cl)C(Cl)C(=O)c1ccc(OC)cc1)ONC(=O)CC(=O)Nc1ccccc1. The molecule has 0 fully saturated rings. The van der Waals surface area contributed by atoms with Gasteiger partial charge in [0.15, 0.2) is 5.78 Å². The highest BCUT2D eigenvalue weighted by atomic mass is 35.5. The number of amides is 2. The van der Waals surface area contributed by atoms with Crippen LogP contribution in [0.15, 0.2) is 54.6 Å². The highest BCUT2D eigenvalue weighted by Crippen LogP contribution is 2.24. The van der Waals surface area contributed by atoms with E-state index in [9.17, 15) is 14.4 Å². The average molecular weight is 566 g/mol. The maximum absolute atomic E-state index is 12.8. The summed E-state index contributed by atoms with van der Waals surface area (Å²) in [6.45, 7) is 2.16. The fourth-order valence-corrected chi connectivity index (χ4v) is 4.36. The highest BCUT2D eigenvalue weighted by Gasteiger charge is 2.27. The van der Waals surface area contributed by atoms with Crippen molar-refractivity contribution in [3.63, 3.8) is 0 Å². The Hall–Kier alpha value is -2.61. The summed E-state index contributed by atoms with van der Waals surface area (Å²) in [6.07, 6.45) is 6.38. The van der Waals surface area contributed by atoms with E-state index in [1.54, 1.807) is 55.6 Å². The van der Waals surface area contributed by atoms with Crippen LogP contribution in [0.1, 0.15) is 75.1 Å². The van der Waals surface area contributed by atoms with Crippen LogP contribution in [0, 0.1) is 0 Å². The largest absolute Gasteiger partial charge is 0.497 e. The molecule has 208 valence electrons. The quantitative estimate of drug-likeness (QED) is 0.0692. The van der Waals surface area contributed by atoms with E-state index in [1.807, 2.05) is 6.07 Å². The number of hydrogen-bond donors (Lipinski definition) is 2. The van der Waals surface area contributed by atoms with Gasteiger partial charge in [0, 0.05) is 11.3 Å². The summed E-state index contributed by atoms with van der Waals surface area (Å²) in [5.41, 5.74) is 3.48. The van der Waals surface area contributed by atoms with E-state index in [1.165, 1.54) is 6.42 Å².